The average Bonchev–Trinajstić information content (AvgIpc) is 2.18. The van der Waals surface area contributed by atoms with Gasteiger partial charge in [0, 0.05) is 18.0 Å². The number of rotatable bonds is 3. The van der Waals surface area contributed by atoms with E-state index in [4.69, 9.17) is 16.9 Å². The average molecular weight is 189 g/mol. The van der Waals surface area contributed by atoms with Gasteiger partial charge in [0.25, 0.3) is 0 Å². The number of terminal acetylenes is 1. The lowest BCUT2D eigenvalue weighted by molar-refractivity contribution is 0.406. The Morgan fingerprint density at radius 3 is 2.86 bits per heavy atom. The third-order valence-electron chi connectivity index (χ3n) is 2.12. The van der Waals surface area contributed by atoms with Gasteiger partial charge in [-0.15, -0.1) is 12.3 Å². The van der Waals surface area contributed by atoms with Gasteiger partial charge in [-0.2, -0.15) is 0 Å². The maximum absolute atomic E-state index is 5.93. The van der Waals surface area contributed by atoms with Gasteiger partial charge in [-0.05, 0) is 13.0 Å². The van der Waals surface area contributed by atoms with Crippen LogP contribution in [-0.2, 0) is 0 Å². The third kappa shape index (κ3) is 2.27. The molecule has 2 heteroatoms. The van der Waals surface area contributed by atoms with Crippen LogP contribution in [0.2, 0.25) is 0 Å². The van der Waals surface area contributed by atoms with Crippen LogP contribution in [0, 0.1) is 19.3 Å². The molecule has 0 aliphatic rings. The molecule has 0 saturated heterocycles. The van der Waals surface area contributed by atoms with Gasteiger partial charge >= 0.3 is 0 Å². The van der Waals surface area contributed by atoms with E-state index in [1.165, 1.54) is 0 Å². The van der Waals surface area contributed by atoms with Crippen molar-refractivity contribution in [2.75, 3.05) is 7.11 Å². The number of hydrogen-bond acceptors (Lipinski definition) is 2. The van der Waals surface area contributed by atoms with Crippen molar-refractivity contribution in [2.24, 2.45) is 5.73 Å². The summed E-state index contributed by atoms with van der Waals surface area (Å²) in [6.07, 6.45) is 5.75. The van der Waals surface area contributed by atoms with Crippen LogP contribution >= 0.6 is 0 Å². The molecular weight excluding hydrogens is 174 g/mol. The molecule has 0 radical (unpaired) electrons. The molecule has 0 aliphatic heterocycles. The normalized spacial score (nSPS) is 11.9. The molecule has 14 heavy (non-hydrogen) atoms. The predicted octanol–water partition coefficient (Wildman–Crippen LogP) is 2.03. The van der Waals surface area contributed by atoms with E-state index in [1.54, 1.807) is 7.11 Å². The Balaban J connectivity index is 3.04. The van der Waals surface area contributed by atoms with Gasteiger partial charge in [0.1, 0.15) is 5.75 Å². The maximum atomic E-state index is 5.93. The summed E-state index contributed by atoms with van der Waals surface area (Å²) < 4.78 is 5.22. The Bertz CT molecular complexity index is 352. The Labute approximate surface area is 85.1 Å². The van der Waals surface area contributed by atoms with Gasteiger partial charge in [0.2, 0.25) is 0 Å². The number of benzene rings is 1. The van der Waals surface area contributed by atoms with Crippen LogP contribution in [-0.4, -0.2) is 7.11 Å². The monoisotopic (exact) mass is 189 g/mol. The van der Waals surface area contributed by atoms with Crippen molar-refractivity contribution in [3.05, 3.63) is 29.3 Å². The number of hydrogen-bond donors (Lipinski definition) is 1. The van der Waals surface area contributed by atoms with E-state index in [1.807, 2.05) is 25.1 Å². The first kappa shape index (κ1) is 10.6. The molecule has 74 valence electrons. The summed E-state index contributed by atoms with van der Waals surface area (Å²) in [5.41, 5.74) is 8.07. The second-order valence-corrected chi connectivity index (χ2v) is 3.26. The van der Waals surface area contributed by atoms with Crippen LogP contribution < -0.4 is 10.5 Å². The zero-order valence-electron chi connectivity index (χ0n) is 8.58. The molecule has 0 amide bonds. The van der Waals surface area contributed by atoms with Gasteiger partial charge in [0.05, 0.1) is 7.11 Å². The van der Waals surface area contributed by atoms with Crippen molar-refractivity contribution in [1.29, 1.82) is 0 Å². The van der Waals surface area contributed by atoms with Crippen LogP contribution in [0.3, 0.4) is 0 Å². The molecule has 2 nitrogen and oxygen atoms in total. The summed E-state index contributed by atoms with van der Waals surface area (Å²) in [4.78, 5) is 0. The maximum Gasteiger partial charge on any atom is 0.123 e. The molecule has 2 N–H and O–H groups in total. The molecule has 0 aliphatic carbocycles. The summed E-state index contributed by atoms with van der Waals surface area (Å²) in [5.74, 6) is 3.36. The number of nitrogens with two attached hydrogens (primary N) is 1. The quantitative estimate of drug-likeness (QED) is 0.738. The molecule has 1 atom stereocenters. The van der Waals surface area contributed by atoms with Crippen molar-refractivity contribution < 1.29 is 4.74 Å². The second kappa shape index (κ2) is 4.69. The molecule has 0 spiro atoms. The number of aryl methyl sites for hydroxylation is 1. The minimum Gasteiger partial charge on any atom is -0.496 e. The third-order valence-corrected chi connectivity index (χ3v) is 2.12. The standard InChI is InChI=1S/C12H15NO/c1-4-5-11(13)10-8-9(2)6-7-12(10)14-3/h1,6-8,11H,5,13H2,2-3H3. The summed E-state index contributed by atoms with van der Waals surface area (Å²) in [5, 5.41) is 0. The fourth-order valence-corrected chi connectivity index (χ4v) is 1.38. The molecule has 0 fully saturated rings. The minimum atomic E-state index is -0.144. The van der Waals surface area contributed by atoms with Gasteiger partial charge in [0.15, 0.2) is 0 Å². The lowest BCUT2D eigenvalue weighted by Crippen LogP contribution is -2.10. The molecule has 0 aromatic heterocycles. The lowest BCUT2D eigenvalue weighted by Gasteiger charge is -2.14. The van der Waals surface area contributed by atoms with Crippen molar-refractivity contribution in [3.8, 4) is 18.1 Å². The Morgan fingerprint density at radius 2 is 2.29 bits per heavy atom. The molecule has 0 bridgehead atoms. The van der Waals surface area contributed by atoms with E-state index in [0.717, 1.165) is 16.9 Å². The van der Waals surface area contributed by atoms with E-state index < -0.39 is 0 Å². The van der Waals surface area contributed by atoms with Crippen molar-refractivity contribution in [2.45, 2.75) is 19.4 Å². The highest BCUT2D eigenvalue weighted by molar-refractivity contribution is 5.39. The fraction of sp³-hybridized carbons (Fsp3) is 0.333. The zero-order chi connectivity index (χ0) is 10.6. The SMILES string of the molecule is C#CCC(N)c1cc(C)ccc1OC. The van der Waals surface area contributed by atoms with E-state index in [2.05, 4.69) is 5.92 Å². The summed E-state index contributed by atoms with van der Waals surface area (Å²) in [7, 11) is 1.64. The Kier molecular flexibility index (Phi) is 3.55. The van der Waals surface area contributed by atoms with Crippen LogP contribution in [0.25, 0.3) is 0 Å². The van der Waals surface area contributed by atoms with E-state index in [0.29, 0.717) is 6.42 Å². The number of ether oxygens (including phenoxy) is 1. The highest BCUT2D eigenvalue weighted by Crippen LogP contribution is 2.26. The largest absolute Gasteiger partial charge is 0.496 e. The first-order valence-electron chi connectivity index (χ1n) is 4.52. The van der Waals surface area contributed by atoms with Crippen LogP contribution in [0.5, 0.6) is 5.75 Å². The van der Waals surface area contributed by atoms with Crippen molar-refractivity contribution in [3.63, 3.8) is 0 Å². The first-order chi connectivity index (χ1) is 6.69. The van der Waals surface area contributed by atoms with E-state index in [9.17, 15) is 0 Å². The van der Waals surface area contributed by atoms with Gasteiger partial charge in [-0.25, -0.2) is 0 Å². The minimum absolute atomic E-state index is 0.144. The lowest BCUT2D eigenvalue weighted by atomic mass is 10.0. The van der Waals surface area contributed by atoms with Gasteiger partial charge < -0.3 is 10.5 Å². The summed E-state index contributed by atoms with van der Waals surface area (Å²) in [6.45, 7) is 2.02. The Hall–Kier alpha value is -1.46. The molecule has 1 aromatic rings. The summed E-state index contributed by atoms with van der Waals surface area (Å²) in [6, 6.07) is 5.78. The van der Waals surface area contributed by atoms with Gasteiger partial charge in [-0.1, -0.05) is 17.7 Å². The highest BCUT2D eigenvalue weighted by atomic mass is 16.5. The zero-order valence-corrected chi connectivity index (χ0v) is 8.58. The smallest absolute Gasteiger partial charge is 0.123 e. The van der Waals surface area contributed by atoms with E-state index in [-0.39, 0.29) is 6.04 Å². The van der Waals surface area contributed by atoms with Crippen LogP contribution in [0.4, 0.5) is 0 Å². The highest BCUT2D eigenvalue weighted by Gasteiger charge is 2.10. The molecule has 1 aromatic carbocycles. The van der Waals surface area contributed by atoms with Crippen molar-refractivity contribution >= 4 is 0 Å². The fourth-order valence-electron chi connectivity index (χ4n) is 1.38. The molecule has 0 saturated carbocycles. The van der Waals surface area contributed by atoms with Crippen LogP contribution in [0.15, 0.2) is 18.2 Å². The number of methoxy groups -OCH3 is 1. The topological polar surface area (TPSA) is 35.2 Å². The second-order valence-electron chi connectivity index (χ2n) is 3.26. The summed E-state index contributed by atoms with van der Waals surface area (Å²) >= 11 is 0. The first-order valence-corrected chi connectivity index (χ1v) is 4.52. The van der Waals surface area contributed by atoms with Gasteiger partial charge in [-0.3, -0.25) is 0 Å². The van der Waals surface area contributed by atoms with Crippen molar-refractivity contribution in [1.82, 2.24) is 0 Å². The molecule has 1 unspecified atom stereocenters. The molecular formula is C12H15NO. The Morgan fingerprint density at radius 1 is 1.57 bits per heavy atom. The van der Waals surface area contributed by atoms with Crippen LogP contribution in [0.1, 0.15) is 23.6 Å². The predicted molar refractivity (Wildman–Crippen MR) is 58.1 cm³/mol. The molecule has 0 heterocycles. The molecule has 1 rings (SSSR count). The van der Waals surface area contributed by atoms with E-state index >= 15 is 0 Å².